The van der Waals surface area contributed by atoms with E-state index in [4.69, 9.17) is 4.52 Å². The van der Waals surface area contributed by atoms with Crippen LogP contribution in [0.4, 0.5) is 0 Å². The van der Waals surface area contributed by atoms with Crippen molar-refractivity contribution in [2.45, 2.75) is 19.3 Å². The van der Waals surface area contributed by atoms with Gasteiger partial charge in [0.05, 0.1) is 0 Å². The van der Waals surface area contributed by atoms with Gasteiger partial charge in [0.1, 0.15) is 0 Å². The summed E-state index contributed by atoms with van der Waals surface area (Å²) in [6.45, 7) is 1.67. The first kappa shape index (κ1) is 17.2. The highest BCUT2D eigenvalue weighted by molar-refractivity contribution is 5.95. The van der Waals surface area contributed by atoms with Crippen molar-refractivity contribution in [1.29, 1.82) is 0 Å². The number of hydrogen-bond acceptors (Lipinski definition) is 4. The summed E-state index contributed by atoms with van der Waals surface area (Å²) in [6.07, 6.45) is 7.06. The third kappa shape index (κ3) is 4.14. The summed E-state index contributed by atoms with van der Waals surface area (Å²) in [7, 11) is 0. The van der Waals surface area contributed by atoms with Crippen LogP contribution in [-0.4, -0.2) is 34.0 Å². The first-order valence-electron chi connectivity index (χ1n) is 9.26. The van der Waals surface area contributed by atoms with Gasteiger partial charge in [0.2, 0.25) is 5.82 Å². The van der Waals surface area contributed by atoms with Gasteiger partial charge >= 0.3 is 0 Å². The Labute approximate surface area is 158 Å². The van der Waals surface area contributed by atoms with Crippen molar-refractivity contribution in [3.8, 4) is 11.4 Å². The van der Waals surface area contributed by atoms with Gasteiger partial charge in [-0.05, 0) is 43.0 Å². The van der Waals surface area contributed by atoms with E-state index < -0.39 is 0 Å². The summed E-state index contributed by atoms with van der Waals surface area (Å²) in [6, 6.07) is 17.4. The second-order valence-corrected chi connectivity index (χ2v) is 6.63. The molecule has 2 aromatic carbocycles. The van der Waals surface area contributed by atoms with Gasteiger partial charge in [0.25, 0.3) is 11.8 Å². The van der Waals surface area contributed by atoms with Gasteiger partial charge in [-0.25, -0.2) is 0 Å². The van der Waals surface area contributed by atoms with E-state index in [0.29, 0.717) is 17.3 Å². The highest BCUT2D eigenvalue weighted by atomic mass is 16.5. The Morgan fingerprint density at radius 3 is 2.59 bits per heavy atom. The number of rotatable bonds is 4. The monoisotopic (exact) mass is 359 g/mol. The van der Waals surface area contributed by atoms with Gasteiger partial charge in [0, 0.05) is 30.3 Å². The largest absolute Gasteiger partial charge is 0.339 e. The zero-order valence-electron chi connectivity index (χ0n) is 15.0. The molecule has 1 saturated heterocycles. The maximum atomic E-state index is 12.7. The number of benzene rings is 2. The first-order chi connectivity index (χ1) is 13.3. The molecule has 0 saturated carbocycles. The van der Waals surface area contributed by atoms with E-state index in [1.54, 1.807) is 6.08 Å². The van der Waals surface area contributed by atoms with Crippen molar-refractivity contribution in [3.63, 3.8) is 0 Å². The molecule has 0 aliphatic carbocycles. The maximum Gasteiger partial charge on any atom is 0.253 e. The molecule has 5 heteroatoms. The van der Waals surface area contributed by atoms with Crippen LogP contribution in [0.1, 0.15) is 41.1 Å². The Hall–Kier alpha value is -3.21. The van der Waals surface area contributed by atoms with E-state index in [0.717, 1.165) is 37.1 Å². The Kier molecular flexibility index (Phi) is 5.10. The van der Waals surface area contributed by atoms with Crippen LogP contribution in [0.2, 0.25) is 0 Å². The molecule has 2 heterocycles. The topological polar surface area (TPSA) is 59.2 Å². The SMILES string of the molecule is O=C(c1cccc(-c2noc(/C=C/c3ccccc3)n2)c1)N1CCCCC1. The van der Waals surface area contributed by atoms with Crippen LogP contribution in [0, 0.1) is 0 Å². The van der Waals surface area contributed by atoms with Crippen LogP contribution in [0.15, 0.2) is 59.1 Å². The van der Waals surface area contributed by atoms with Crippen molar-refractivity contribution < 1.29 is 9.32 Å². The third-order valence-electron chi connectivity index (χ3n) is 4.67. The number of likely N-dealkylation sites (tertiary alicyclic amines) is 1. The molecule has 5 nitrogen and oxygen atoms in total. The molecule has 136 valence electrons. The highest BCUT2D eigenvalue weighted by Gasteiger charge is 2.19. The minimum atomic E-state index is 0.0734. The molecule has 27 heavy (non-hydrogen) atoms. The van der Waals surface area contributed by atoms with Crippen molar-refractivity contribution >= 4 is 18.1 Å². The van der Waals surface area contributed by atoms with Gasteiger partial charge in [-0.15, -0.1) is 0 Å². The van der Waals surface area contributed by atoms with Crippen LogP contribution in [0.25, 0.3) is 23.5 Å². The molecular weight excluding hydrogens is 338 g/mol. The quantitative estimate of drug-likeness (QED) is 0.686. The van der Waals surface area contributed by atoms with E-state index in [9.17, 15) is 4.79 Å². The van der Waals surface area contributed by atoms with Gasteiger partial charge in [0.15, 0.2) is 0 Å². The molecule has 1 amide bonds. The molecule has 1 fully saturated rings. The van der Waals surface area contributed by atoms with Crippen LogP contribution in [0.5, 0.6) is 0 Å². The normalized spacial score (nSPS) is 14.6. The smallest absolute Gasteiger partial charge is 0.253 e. The lowest BCUT2D eigenvalue weighted by Gasteiger charge is -2.26. The van der Waals surface area contributed by atoms with Gasteiger partial charge in [-0.1, -0.05) is 47.6 Å². The Morgan fingerprint density at radius 2 is 1.78 bits per heavy atom. The molecule has 0 radical (unpaired) electrons. The van der Waals surface area contributed by atoms with Crippen molar-refractivity contribution in [2.75, 3.05) is 13.1 Å². The average molecular weight is 359 g/mol. The second kappa shape index (κ2) is 7.99. The number of piperidine rings is 1. The molecule has 4 rings (SSSR count). The highest BCUT2D eigenvalue weighted by Crippen LogP contribution is 2.20. The van der Waals surface area contributed by atoms with Crippen LogP contribution in [0.3, 0.4) is 0 Å². The molecule has 3 aromatic rings. The second-order valence-electron chi connectivity index (χ2n) is 6.63. The number of amides is 1. The number of carbonyl (C=O) groups excluding carboxylic acids is 1. The average Bonchev–Trinajstić information content (AvgIpc) is 3.22. The molecule has 1 aliphatic rings. The summed E-state index contributed by atoms with van der Waals surface area (Å²) in [5.74, 6) is 0.988. The Bertz CT molecular complexity index is 941. The number of nitrogens with zero attached hydrogens (tertiary/aromatic N) is 3. The van der Waals surface area contributed by atoms with Crippen molar-refractivity contribution in [1.82, 2.24) is 15.0 Å². The first-order valence-corrected chi connectivity index (χ1v) is 9.26. The zero-order valence-corrected chi connectivity index (χ0v) is 15.0. The Balaban J connectivity index is 1.51. The zero-order chi connectivity index (χ0) is 18.5. The summed E-state index contributed by atoms with van der Waals surface area (Å²) >= 11 is 0. The van der Waals surface area contributed by atoms with E-state index in [1.165, 1.54) is 6.42 Å². The van der Waals surface area contributed by atoms with E-state index in [2.05, 4.69) is 10.1 Å². The number of aromatic nitrogens is 2. The summed E-state index contributed by atoms with van der Waals surface area (Å²) in [5.41, 5.74) is 2.51. The number of hydrogen-bond donors (Lipinski definition) is 0. The Morgan fingerprint density at radius 1 is 0.963 bits per heavy atom. The fourth-order valence-corrected chi connectivity index (χ4v) is 3.22. The maximum absolute atomic E-state index is 12.7. The van der Waals surface area contributed by atoms with Gasteiger partial charge in [-0.2, -0.15) is 4.98 Å². The molecule has 1 aromatic heterocycles. The minimum Gasteiger partial charge on any atom is -0.339 e. The molecular formula is C22H21N3O2. The number of carbonyl (C=O) groups is 1. The molecule has 0 unspecified atom stereocenters. The van der Waals surface area contributed by atoms with Crippen molar-refractivity contribution in [3.05, 3.63) is 71.6 Å². The fraction of sp³-hybridized carbons (Fsp3) is 0.227. The lowest BCUT2D eigenvalue weighted by molar-refractivity contribution is 0.0724. The molecule has 1 aliphatic heterocycles. The fourth-order valence-electron chi connectivity index (χ4n) is 3.22. The predicted molar refractivity (Wildman–Crippen MR) is 105 cm³/mol. The van der Waals surface area contributed by atoms with Gasteiger partial charge < -0.3 is 9.42 Å². The lowest BCUT2D eigenvalue weighted by atomic mass is 10.1. The van der Waals surface area contributed by atoms with Crippen LogP contribution < -0.4 is 0 Å². The summed E-state index contributed by atoms with van der Waals surface area (Å²) in [5, 5.41) is 4.05. The van der Waals surface area contributed by atoms with Crippen molar-refractivity contribution in [2.24, 2.45) is 0 Å². The molecule has 0 atom stereocenters. The summed E-state index contributed by atoms with van der Waals surface area (Å²) in [4.78, 5) is 19.0. The molecule has 0 bridgehead atoms. The standard InChI is InChI=1S/C22H21N3O2/c26-22(25-14-5-2-6-15-25)19-11-7-10-18(16-19)21-23-20(27-24-21)13-12-17-8-3-1-4-9-17/h1,3-4,7-13,16H,2,5-6,14-15H2/b13-12+. The third-order valence-corrected chi connectivity index (χ3v) is 4.67. The minimum absolute atomic E-state index is 0.0734. The van der Waals surface area contributed by atoms with E-state index >= 15 is 0 Å². The van der Waals surface area contributed by atoms with E-state index in [1.807, 2.05) is 65.6 Å². The predicted octanol–water partition coefficient (Wildman–Crippen LogP) is 4.53. The van der Waals surface area contributed by atoms with Crippen LogP contribution in [-0.2, 0) is 0 Å². The van der Waals surface area contributed by atoms with Crippen LogP contribution >= 0.6 is 0 Å². The molecule has 0 spiro atoms. The lowest BCUT2D eigenvalue weighted by Crippen LogP contribution is -2.35. The van der Waals surface area contributed by atoms with E-state index in [-0.39, 0.29) is 5.91 Å². The molecule has 0 N–H and O–H groups in total. The van der Waals surface area contributed by atoms with Gasteiger partial charge in [-0.3, -0.25) is 4.79 Å². The summed E-state index contributed by atoms with van der Waals surface area (Å²) < 4.78 is 5.31.